The maximum atomic E-state index is 11.2. The van der Waals surface area contributed by atoms with E-state index in [0.717, 1.165) is 24.1 Å². The number of nitrogens with one attached hydrogen (secondary N) is 1. The van der Waals surface area contributed by atoms with E-state index in [2.05, 4.69) is 11.4 Å². The summed E-state index contributed by atoms with van der Waals surface area (Å²) in [7, 11) is 0. The summed E-state index contributed by atoms with van der Waals surface area (Å²) < 4.78 is 5.17. The fourth-order valence-corrected chi connectivity index (χ4v) is 3.79. The molecule has 136 valence electrons. The molecule has 3 rings (SSSR count). The van der Waals surface area contributed by atoms with Gasteiger partial charge in [-0.3, -0.25) is 4.79 Å². The van der Waals surface area contributed by atoms with E-state index in [1.165, 1.54) is 26.2 Å². The maximum absolute atomic E-state index is 11.2. The molecule has 1 aromatic rings. The average Bonchev–Trinajstić information content (AvgIpc) is 2.60. The van der Waals surface area contributed by atoms with Crippen molar-refractivity contribution in [2.45, 2.75) is 51.7 Å². The molecule has 0 spiro atoms. The van der Waals surface area contributed by atoms with Gasteiger partial charge in [0.15, 0.2) is 5.72 Å². The Balaban J connectivity index is 2.05. The molecule has 5 nitrogen and oxygen atoms in total. The minimum atomic E-state index is -1.43. The highest BCUT2D eigenvalue weighted by atomic mass is 16.5. The summed E-state index contributed by atoms with van der Waals surface area (Å²) in [6.07, 6.45) is 7.74. The van der Waals surface area contributed by atoms with Crippen LogP contribution in [-0.2, 0) is 4.79 Å². The molecule has 1 fully saturated rings. The third kappa shape index (κ3) is 3.81. The number of rotatable bonds is 3. The number of allylic oxidation sites excluding steroid dienone is 3. The van der Waals surface area contributed by atoms with Crippen LogP contribution in [-0.4, -0.2) is 16.8 Å². The van der Waals surface area contributed by atoms with Crippen LogP contribution in [0.4, 0.5) is 0 Å². The Hall–Kier alpha value is -2.58. The van der Waals surface area contributed by atoms with Crippen molar-refractivity contribution < 1.29 is 14.6 Å². The number of hydrogen-bond donors (Lipinski definition) is 2. The number of nitriles is 1. The molecule has 1 unspecified atom stereocenters. The highest BCUT2D eigenvalue weighted by Crippen LogP contribution is 2.38. The number of benzene rings is 1. The Morgan fingerprint density at radius 1 is 1.35 bits per heavy atom. The van der Waals surface area contributed by atoms with Gasteiger partial charge in [-0.05, 0) is 49.5 Å². The van der Waals surface area contributed by atoms with Crippen molar-refractivity contribution in [2.75, 3.05) is 0 Å². The molecule has 1 aliphatic carbocycles. The zero-order valence-corrected chi connectivity index (χ0v) is 15.2. The van der Waals surface area contributed by atoms with Gasteiger partial charge in [-0.15, -0.1) is 0 Å². The van der Waals surface area contributed by atoms with E-state index >= 15 is 0 Å². The lowest BCUT2D eigenvalue weighted by Crippen LogP contribution is -2.47. The van der Waals surface area contributed by atoms with Gasteiger partial charge in [0.05, 0.1) is 5.57 Å². The van der Waals surface area contributed by atoms with Crippen molar-refractivity contribution in [2.24, 2.45) is 5.92 Å². The second-order valence-corrected chi connectivity index (χ2v) is 7.15. The molecule has 0 saturated heterocycles. The molecule has 26 heavy (non-hydrogen) atoms. The van der Waals surface area contributed by atoms with Crippen molar-refractivity contribution in [3.8, 4) is 11.8 Å². The zero-order valence-electron chi connectivity index (χ0n) is 15.2. The van der Waals surface area contributed by atoms with Crippen LogP contribution < -0.4 is 10.1 Å². The molecule has 1 aliphatic heterocycles. The molecule has 0 bridgehead atoms. The summed E-state index contributed by atoms with van der Waals surface area (Å²) >= 11 is 0. The van der Waals surface area contributed by atoms with Gasteiger partial charge in [0.1, 0.15) is 11.8 Å². The summed E-state index contributed by atoms with van der Waals surface area (Å²) in [5.74, 6) is 0.389. The van der Waals surface area contributed by atoms with E-state index in [4.69, 9.17) is 4.74 Å². The van der Waals surface area contributed by atoms with E-state index in [1.807, 2.05) is 12.1 Å². The number of dihydropyridines is 1. The average molecular weight is 352 g/mol. The molecular weight excluding hydrogens is 328 g/mol. The molecule has 0 aromatic heterocycles. The van der Waals surface area contributed by atoms with Crippen molar-refractivity contribution in [1.29, 1.82) is 5.26 Å². The lowest BCUT2D eigenvalue weighted by atomic mass is 9.82. The summed E-state index contributed by atoms with van der Waals surface area (Å²) in [6.45, 7) is 2.96. The Morgan fingerprint density at radius 3 is 2.73 bits per heavy atom. The Labute approximate surface area is 154 Å². The third-order valence-electron chi connectivity index (χ3n) is 5.01. The Kier molecular flexibility index (Phi) is 5.15. The predicted octanol–water partition coefficient (Wildman–Crippen LogP) is 3.66. The zero-order chi connectivity index (χ0) is 18.7. The van der Waals surface area contributed by atoms with Gasteiger partial charge in [-0.2, -0.15) is 5.26 Å². The standard InChI is InChI=1S/C21H24N2O3/c1-14(24)26-17-10-6-9-16(11-17)18-12-20(15-7-4-3-5-8-15)23-21(2,25)19(18)13-22/h6,9-12,15,23,25H,3-5,7-8H2,1-2H3. The Bertz CT molecular complexity index is 809. The molecule has 2 N–H and O–H groups in total. The summed E-state index contributed by atoms with van der Waals surface area (Å²) in [6, 6.07) is 9.20. The van der Waals surface area contributed by atoms with Gasteiger partial charge in [-0.25, -0.2) is 0 Å². The maximum Gasteiger partial charge on any atom is 0.308 e. The molecule has 1 saturated carbocycles. The van der Waals surface area contributed by atoms with Crippen LogP contribution in [0.2, 0.25) is 0 Å². The number of carbonyl (C=O) groups excluding carboxylic acids is 1. The molecule has 2 aliphatic rings. The number of esters is 1. The third-order valence-corrected chi connectivity index (χ3v) is 5.01. The number of carbonyl (C=O) groups is 1. The number of aliphatic hydroxyl groups is 1. The fraction of sp³-hybridized carbons (Fsp3) is 0.429. The van der Waals surface area contributed by atoms with E-state index in [-0.39, 0.29) is 5.57 Å². The van der Waals surface area contributed by atoms with Crippen molar-refractivity contribution >= 4 is 11.5 Å². The van der Waals surface area contributed by atoms with Gasteiger partial charge >= 0.3 is 5.97 Å². The highest BCUT2D eigenvalue weighted by Gasteiger charge is 2.35. The predicted molar refractivity (Wildman–Crippen MR) is 98.7 cm³/mol. The lowest BCUT2D eigenvalue weighted by molar-refractivity contribution is -0.131. The number of nitrogens with zero attached hydrogens (tertiary/aromatic N) is 1. The fourth-order valence-electron chi connectivity index (χ4n) is 3.79. The van der Waals surface area contributed by atoms with Crippen LogP contribution in [0, 0.1) is 17.2 Å². The Morgan fingerprint density at radius 2 is 2.08 bits per heavy atom. The largest absolute Gasteiger partial charge is 0.427 e. The van der Waals surface area contributed by atoms with Gasteiger partial charge < -0.3 is 15.2 Å². The number of ether oxygens (including phenoxy) is 1. The summed E-state index contributed by atoms with van der Waals surface area (Å²) in [5.41, 5.74) is 1.23. The van der Waals surface area contributed by atoms with E-state index < -0.39 is 11.7 Å². The van der Waals surface area contributed by atoms with Crippen molar-refractivity contribution in [1.82, 2.24) is 5.32 Å². The molecule has 1 atom stereocenters. The first-order chi connectivity index (χ1) is 12.4. The minimum absolute atomic E-state index is 0.261. The molecule has 5 heteroatoms. The second kappa shape index (κ2) is 7.35. The van der Waals surface area contributed by atoms with Crippen LogP contribution in [0.5, 0.6) is 5.75 Å². The van der Waals surface area contributed by atoms with E-state index in [0.29, 0.717) is 17.2 Å². The van der Waals surface area contributed by atoms with E-state index in [9.17, 15) is 15.2 Å². The van der Waals surface area contributed by atoms with Crippen LogP contribution in [0.1, 0.15) is 51.5 Å². The van der Waals surface area contributed by atoms with Crippen LogP contribution in [0.3, 0.4) is 0 Å². The minimum Gasteiger partial charge on any atom is -0.427 e. The monoisotopic (exact) mass is 352 g/mol. The lowest BCUT2D eigenvalue weighted by Gasteiger charge is -2.36. The van der Waals surface area contributed by atoms with Crippen LogP contribution >= 0.6 is 0 Å². The van der Waals surface area contributed by atoms with Gasteiger partial charge in [0.25, 0.3) is 0 Å². The van der Waals surface area contributed by atoms with E-state index in [1.54, 1.807) is 25.1 Å². The molecule has 0 radical (unpaired) electrons. The normalized spacial score (nSPS) is 23.7. The second-order valence-electron chi connectivity index (χ2n) is 7.15. The van der Waals surface area contributed by atoms with Gasteiger partial charge in [-0.1, -0.05) is 31.4 Å². The highest BCUT2D eigenvalue weighted by molar-refractivity contribution is 5.83. The topological polar surface area (TPSA) is 82.4 Å². The molecule has 0 amide bonds. The van der Waals surface area contributed by atoms with Crippen LogP contribution in [0.15, 0.2) is 41.6 Å². The quantitative estimate of drug-likeness (QED) is 0.641. The molecular formula is C21H24N2O3. The summed E-state index contributed by atoms with van der Waals surface area (Å²) in [4.78, 5) is 11.2. The SMILES string of the molecule is CC(=O)Oc1cccc(C2=C(C#N)C(C)(O)NC(C3CCCCC3)=C2)c1. The first kappa shape index (κ1) is 18.2. The first-order valence-electron chi connectivity index (χ1n) is 9.06. The smallest absolute Gasteiger partial charge is 0.308 e. The van der Waals surface area contributed by atoms with Gasteiger partial charge in [0.2, 0.25) is 0 Å². The van der Waals surface area contributed by atoms with Crippen LogP contribution in [0.25, 0.3) is 5.57 Å². The summed E-state index contributed by atoms with van der Waals surface area (Å²) in [5, 5.41) is 23.7. The van der Waals surface area contributed by atoms with Gasteiger partial charge in [0, 0.05) is 18.2 Å². The first-order valence-corrected chi connectivity index (χ1v) is 9.06. The molecule has 1 heterocycles. The molecule has 1 aromatic carbocycles. The van der Waals surface area contributed by atoms with Crippen molar-refractivity contribution in [3.63, 3.8) is 0 Å². The van der Waals surface area contributed by atoms with Crippen molar-refractivity contribution in [3.05, 3.63) is 47.2 Å². The number of hydrogen-bond acceptors (Lipinski definition) is 5.